The van der Waals surface area contributed by atoms with Crippen LogP contribution in [-0.4, -0.2) is 35.5 Å². The molecular weight excluding hydrogens is 250 g/mol. The maximum atomic E-state index is 12.6. The Labute approximate surface area is 120 Å². The zero-order valence-electron chi connectivity index (χ0n) is 11.8. The molecule has 1 aliphatic heterocycles. The molecule has 108 valence electrons. The number of nitrogens with two attached hydrogens (primary N) is 2. The average molecular weight is 273 g/mol. The van der Waals surface area contributed by atoms with E-state index in [9.17, 15) is 4.79 Å². The highest BCUT2D eigenvalue weighted by molar-refractivity contribution is 5.87. The number of hydrogen-bond acceptors (Lipinski definition) is 3. The number of likely N-dealkylation sites (tertiary alicyclic amines) is 1. The maximum absolute atomic E-state index is 12.6. The third kappa shape index (κ3) is 2.34. The van der Waals surface area contributed by atoms with Gasteiger partial charge in [-0.05, 0) is 18.4 Å². The molecule has 0 spiro atoms. The van der Waals surface area contributed by atoms with Crippen molar-refractivity contribution in [3.8, 4) is 0 Å². The lowest BCUT2D eigenvalue weighted by Crippen LogP contribution is -2.53. The number of hydrogen-bond donors (Lipinski definition) is 2. The number of rotatable bonds is 2. The lowest BCUT2D eigenvalue weighted by molar-refractivity contribution is -0.135. The molecule has 4 heteroatoms. The number of nitrogens with zero attached hydrogens (tertiary/aromatic N) is 1. The standard InChI is InChI=1S/C16H23N3O/c17-14-11-19(15(20)16(18)8-4-5-9-16)10-13(14)12-6-2-1-3-7-12/h1-3,6-7,13-14H,4-5,8-11,17-18H2/t13-,14+/m0/s1. The van der Waals surface area contributed by atoms with Gasteiger partial charge in [0.1, 0.15) is 0 Å². The Morgan fingerprint density at radius 1 is 1.15 bits per heavy atom. The quantitative estimate of drug-likeness (QED) is 0.850. The molecule has 4 N–H and O–H groups in total. The molecule has 1 aromatic rings. The van der Waals surface area contributed by atoms with Crippen molar-refractivity contribution in [3.63, 3.8) is 0 Å². The molecule has 2 fully saturated rings. The molecule has 1 saturated carbocycles. The smallest absolute Gasteiger partial charge is 0.242 e. The number of amides is 1. The summed E-state index contributed by atoms with van der Waals surface area (Å²) >= 11 is 0. The Balaban J connectivity index is 1.73. The van der Waals surface area contributed by atoms with E-state index in [2.05, 4.69) is 12.1 Å². The van der Waals surface area contributed by atoms with E-state index in [1.165, 1.54) is 5.56 Å². The maximum Gasteiger partial charge on any atom is 0.242 e. The first kappa shape index (κ1) is 13.6. The normalized spacial score (nSPS) is 28.8. The minimum atomic E-state index is -0.634. The van der Waals surface area contributed by atoms with Gasteiger partial charge in [0, 0.05) is 25.0 Å². The molecule has 1 amide bonds. The lowest BCUT2D eigenvalue weighted by atomic mass is 9.95. The van der Waals surface area contributed by atoms with Gasteiger partial charge in [-0.25, -0.2) is 0 Å². The highest BCUT2D eigenvalue weighted by Gasteiger charge is 2.43. The Bertz CT molecular complexity index is 482. The van der Waals surface area contributed by atoms with Gasteiger partial charge in [0.2, 0.25) is 5.91 Å². The second kappa shape index (κ2) is 5.19. The van der Waals surface area contributed by atoms with Gasteiger partial charge in [0.15, 0.2) is 0 Å². The zero-order chi connectivity index (χ0) is 14.2. The van der Waals surface area contributed by atoms with E-state index in [4.69, 9.17) is 11.5 Å². The van der Waals surface area contributed by atoms with Crippen LogP contribution in [0.15, 0.2) is 30.3 Å². The summed E-state index contributed by atoms with van der Waals surface area (Å²) in [6, 6.07) is 10.2. The molecule has 2 aliphatic rings. The van der Waals surface area contributed by atoms with Crippen molar-refractivity contribution in [2.24, 2.45) is 11.5 Å². The van der Waals surface area contributed by atoms with Gasteiger partial charge in [-0.15, -0.1) is 0 Å². The Hall–Kier alpha value is -1.39. The van der Waals surface area contributed by atoms with Gasteiger partial charge in [-0.3, -0.25) is 4.79 Å². The van der Waals surface area contributed by atoms with Gasteiger partial charge in [-0.1, -0.05) is 43.2 Å². The molecule has 1 heterocycles. The lowest BCUT2D eigenvalue weighted by Gasteiger charge is -2.28. The largest absolute Gasteiger partial charge is 0.339 e. The molecule has 0 unspecified atom stereocenters. The molecule has 0 aromatic heterocycles. The number of carbonyl (C=O) groups excluding carboxylic acids is 1. The fourth-order valence-corrected chi connectivity index (χ4v) is 3.58. The van der Waals surface area contributed by atoms with Crippen molar-refractivity contribution in [2.75, 3.05) is 13.1 Å². The first-order valence-corrected chi connectivity index (χ1v) is 7.49. The van der Waals surface area contributed by atoms with Crippen LogP contribution >= 0.6 is 0 Å². The fraction of sp³-hybridized carbons (Fsp3) is 0.562. The number of carbonyl (C=O) groups is 1. The molecule has 3 rings (SSSR count). The summed E-state index contributed by atoms with van der Waals surface area (Å²) in [6.07, 6.45) is 3.75. The topological polar surface area (TPSA) is 72.3 Å². The Kier molecular flexibility index (Phi) is 3.52. The molecule has 20 heavy (non-hydrogen) atoms. The van der Waals surface area contributed by atoms with Crippen molar-refractivity contribution < 1.29 is 4.79 Å². The monoisotopic (exact) mass is 273 g/mol. The molecule has 4 nitrogen and oxygen atoms in total. The predicted molar refractivity (Wildman–Crippen MR) is 79.1 cm³/mol. The van der Waals surface area contributed by atoms with E-state index in [0.717, 1.165) is 25.7 Å². The van der Waals surface area contributed by atoms with Crippen LogP contribution in [0.25, 0.3) is 0 Å². The molecular formula is C16H23N3O. The summed E-state index contributed by atoms with van der Waals surface area (Å²) < 4.78 is 0. The summed E-state index contributed by atoms with van der Waals surface area (Å²) in [5.41, 5.74) is 13.1. The van der Waals surface area contributed by atoms with Crippen molar-refractivity contribution in [2.45, 2.75) is 43.2 Å². The van der Waals surface area contributed by atoms with Crippen LogP contribution in [-0.2, 0) is 4.79 Å². The van der Waals surface area contributed by atoms with E-state index in [-0.39, 0.29) is 17.9 Å². The summed E-state index contributed by atoms with van der Waals surface area (Å²) in [6.45, 7) is 1.32. The average Bonchev–Trinajstić information content (AvgIpc) is 3.06. The second-order valence-electron chi connectivity index (χ2n) is 6.25. The third-order valence-electron chi connectivity index (χ3n) is 4.80. The van der Waals surface area contributed by atoms with E-state index in [0.29, 0.717) is 13.1 Å². The SMILES string of the molecule is N[C@@H]1CN(C(=O)C2(N)CCCC2)C[C@H]1c1ccccc1. The highest BCUT2D eigenvalue weighted by atomic mass is 16.2. The molecule has 1 aliphatic carbocycles. The molecule has 1 aromatic carbocycles. The van der Waals surface area contributed by atoms with Crippen LogP contribution in [0, 0.1) is 0 Å². The van der Waals surface area contributed by atoms with Crippen LogP contribution in [0.4, 0.5) is 0 Å². The van der Waals surface area contributed by atoms with Crippen molar-refractivity contribution >= 4 is 5.91 Å². The van der Waals surface area contributed by atoms with Crippen molar-refractivity contribution in [1.82, 2.24) is 4.90 Å². The molecule has 2 atom stereocenters. The van der Waals surface area contributed by atoms with Gasteiger partial charge in [0.25, 0.3) is 0 Å². The molecule has 1 saturated heterocycles. The van der Waals surface area contributed by atoms with Crippen LogP contribution < -0.4 is 11.5 Å². The van der Waals surface area contributed by atoms with Gasteiger partial charge in [-0.2, -0.15) is 0 Å². The minimum Gasteiger partial charge on any atom is -0.339 e. The number of benzene rings is 1. The first-order valence-electron chi connectivity index (χ1n) is 7.49. The van der Waals surface area contributed by atoms with Crippen LogP contribution in [0.1, 0.15) is 37.2 Å². The molecule has 0 bridgehead atoms. The van der Waals surface area contributed by atoms with Crippen LogP contribution in [0.3, 0.4) is 0 Å². The van der Waals surface area contributed by atoms with Crippen LogP contribution in [0.2, 0.25) is 0 Å². The van der Waals surface area contributed by atoms with Gasteiger partial charge < -0.3 is 16.4 Å². The van der Waals surface area contributed by atoms with Crippen molar-refractivity contribution in [1.29, 1.82) is 0 Å². The van der Waals surface area contributed by atoms with Crippen molar-refractivity contribution in [3.05, 3.63) is 35.9 Å². The van der Waals surface area contributed by atoms with E-state index >= 15 is 0 Å². The Morgan fingerprint density at radius 2 is 1.80 bits per heavy atom. The van der Waals surface area contributed by atoms with Gasteiger partial charge >= 0.3 is 0 Å². The second-order valence-corrected chi connectivity index (χ2v) is 6.25. The van der Waals surface area contributed by atoms with E-state index < -0.39 is 5.54 Å². The highest BCUT2D eigenvalue weighted by Crippen LogP contribution is 2.33. The van der Waals surface area contributed by atoms with Crippen LogP contribution in [0.5, 0.6) is 0 Å². The Morgan fingerprint density at radius 3 is 2.45 bits per heavy atom. The summed E-state index contributed by atoms with van der Waals surface area (Å²) in [7, 11) is 0. The molecule has 0 radical (unpaired) electrons. The van der Waals surface area contributed by atoms with E-state index in [1.807, 2.05) is 23.1 Å². The van der Waals surface area contributed by atoms with Gasteiger partial charge in [0.05, 0.1) is 5.54 Å². The third-order valence-corrected chi connectivity index (χ3v) is 4.80. The summed E-state index contributed by atoms with van der Waals surface area (Å²) in [5, 5.41) is 0. The summed E-state index contributed by atoms with van der Waals surface area (Å²) in [4.78, 5) is 14.5. The fourth-order valence-electron chi connectivity index (χ4n) is 3.58. The summed E-state index contributed by atoms with van der Waals surface area (Å²) in [5.74, 6) is 0.328. The zero-order valence-corrected chi connectivity index (χ0v) is 11.8. The first-order chi connectivity index (χ1) is 9.60. The predicted octanol–water partition coefficient (Wildman–Crippen LogP) is 1.21. The minimum absolute atomic E-state index is 0.00588. The van der Waals surface area contributed by atoms with E-state index in [1.54, 1.807) is 0 Å².